The second-order valence-electron chi connectivity index (χ2n) is 6.32. The molecule has 4 nitrogen and oxygen atoms in total. The molecule has 0 saturated carbocycles. The number of nitrogens with one attached hydrogen (secondary N) is 1. The Kier molecular flexibility index (Phi) is 7.18. The van der Waals surface area contributed by atoms with Crippen molar-refractivity contribution in [2.24, 2.45) is 0 Å². The van der Waals surface area contributed by atoms with Crippen LogP contribution in [0.25, 0.3) is 0 Å². The SMILES string of the molecule is CCc1c(C)sc(NC(=O)C(F)(F)C(F)(F)C(F)(F)C(F)(F)F)c1C(=O)OC(C)C. The first kappa shape index (κ1) is 26.0. The third-order valence-corrected chi connectivity index (χ3v) is 4.83. The van der Waals surface area contributed by atoms with Crippen LogP contribution in [0.15, 0.2) is 0 Å². The molecule has 0 radical (unpaired) electrons. The predicted octanol–water partition coefficient (Wildman–Crippen LogP) is 5.59. The van der Waals surface area contributed by atoms with E-state index >= 15 is 0 Å². The zero-order valence-electron chi connectivity index (χ0n) is 15.8. The van der Waals surface area contributed by atoms with Crippen LogP contribution in [-0.4, -0.2) is 41.9 Å². The number of carbonyl (C=O) groups is 2. The van der Waals surface area contributed by atoms with Crippen molar-refractivity contribution < 1.29 is 53.8 Å². The van der Waals surface area contributed by atoms with E-state index in [9.17, 15) is 49.1 Å². The van der Waals surface area contributed by atoms with Gasteiger partial charge < -0.3 is 10.1 Å². The summed E-state index contributed by atoms with van der Waals surface area (Å²) in [6.45, 7) is 5.76. The Bertz CT molecular complexity index is 816. The summed E-state index contributed by atoms with van der Waals surface area (Å²) in [6, 6.07) is 0. The molecule has 0 aliphatic carbocycles. The first-order chi connectivity index (χ1) is 13.3. The van der Waals surface area contributed by atoms with Crippen molar-refractivity contribution in [3.8, 4) is 0 Å². The second kappa shape index (κ2) is 8.27. The van der Waals surface area contributed by atoms with Crippen molar-refractivity contribution in [2.45, 2.75) is 64.2 Å². The van der Waals surface area contributed by atoms with Crippen molar-refractivity contribution in [1.29, 1.82) is 0 Å². The maximum absolute atomic E-state index is 13.8. The van der Waals surface area contributed by atoms with Gasteiger partial charge in [0, 0.05) is 4.88 Å². The van der Waals surface area contributed by atoms with Crippen LogP contribution >= 0.6 is 11.3 Å². The van der Waals surface area contributed by atoms with E-state index in [1.54, 1.807) is 0 Å². The number of aryl methyl sites for hydroxylation is 1. The Balaban J connectivity index is 3.40. The first-order valence-electron chi connectivity index (χ1n) is 8.17. The molecule has 0 aromatic carbocycles. The van der Waals surface area contributed by atoms with Gasteiger partial charge in [-0.1, -0.05) is 6.92 Å². The number of anilines is 1. The topological polar surface area (TPSA) is 55.4 Å². The fourth-order valence-electron chi connectivity index (χ4n) is 2.28. The summed E-state index contributed by atoms with van der Waals surface area (Å²) in [7, 11) is 0. The lowest BCUT2D eigenvalue weighted by molar-refractivity contribution is -0.388. The summed E-state index contributed by atoms with van der Waals surface area (Å²) < 4.78 is 122. The number of carbonyl (C=O) groups excluding carboxylic acids is 2. The van der Waals surface area contributed by atoms with Gasteiger partial charge in [-0.05, 0) is 32.8 Å². The molecular formula is C16H16F9NO3S. The highest BCUT2D eigenvalue weighted by molar-refractivity contribution is 7.16. The minimum Gasteiger partial charge on any atom is -0.459 e. The summed E-state index contributed by atoms with van der Waals surface area (Å²) in [5, 5.41) is 0.434. The molecule has 172 valence electrons. The van der Waals surface area contributed by atoms with Gasteiger partial charge in [-0.25, -0.2) is 4.79 Å². The molecular weight excluding hydrogens is 457 g/mol. The van der Waals surface area contributed by atoms with Gasteiger partial charge in [0.05, 0.1) is 11.7 Å². The Labute approximate surface area is 168 Å². The van der Waals surface area contributed by atoms with E-state index in [2.05, 4.69) is 0 Å². The molecule has 0 unspecified atom stereocenters. The normalized spacial score (nSPS) is 13.5. The summed E-state index contributed by atoms with van der Waals surface area (Å²) in [6.07, 6.45) is -7.65. The summed E-state index contributed by atoms with van der Waals surface area (Å²) >= 11 is 0.468. The van der Waals surface area contributed by atoms with Crippen LogP contribution in [0.1, 0.15) is 41.6 Å². The molecule has 14 heteroatoms. The molecule has 0 bridgehead atoms. The standard InChI is InChI=1S/C16H16F9NO3S/c1-5-8-7(4)30-10(9(8)11(27)29-6(2)3)26-12(28)13(17,18)14(19,20)15(21,22)16(23,24)25/h6H,5H2,1-4H3,(H,26,28). The molecule has 30 heavy (non-hydrogen) atoms. The van der Waals surface area contributed by atoms with Crippen LogP contribution in [-0.2, 0) is 16.0 Å². The predicted molar refractivity (Wildman–Crippen MR) is 88.5 cm³/mol. The molecule has 0 aliphatic rings. The number of ether oxygens (including phenoxy) is 1. The zero-order valence-corrected chi connectivity index (χ0v) is 16.6. The molecule has 1 aromatic heterocycles. The van der Waals surface area contributed by atoms with Crippen LogP contribution in [0.2, 0.25) is 0 Å². The maximum atomic E-state index is 13.8. The summed E-state index contributed by atoms with van der Waals surface area (Å²) in [5.41, 5.74) is -0.291. The molecule has 0 spiro atoms. The Morgan fingerprint density at radius 3 is 1.90 bits per heavy atom. The molecule has 0 fully saturated rings. The number of amides is 1. The lowest BCUT2D eigenvalue weighted by atomic mass is 10.0. The van der Waals surface area contributed by atoms with Gasteiger partial charge in [0.25, 0.3) is 0 Å². The summed E-state index contributed by atoms with van der Waals surface area (Å²) in [4.78, 5) is 24.2. The third kappa shape index (κ3) is 4.37. The number of esters is 1. The lowest BCUT2D eigenvalue weighted by Crippen LogP contribution is -2.64. The van der Waals surface area contributed by atoms with Crippen molar-refractivity contribution in [3.63, 3.8) is 0 Å². The second-order valence-corrected chi connectivity index (χ2v) is 7.55. The number of hydrogen-bond acceptors (Lipinski definition) is 4. The molecule has 0 saturated heterocycles. The maximum Gasteiger partial charge on any atom is 0.460 e. The minimum atomic E-state index is -7.21. The fourth-order valence-corrected chi connectivity index (χ4v) is 3.41. The Hall–Kier alpha value is -1.99. The molecule has 0 atom stereocenters. The first-order valence-corrected chi connectivity index (χ1v) is 8.99. The van der Waals surface area contributed by atoms with Crippen LogP contribution < -0.4 is 5.32 Å². The largest absolute Gasteiger partial charge is 0.460 e. The van der Waals surface area contributed by atoms with Gasteiger partial charge in [-0.3, -0.25) is 4.79 Å². The number of thiophene rings is 1. The number of alkyl halides is 9. The van der Waals surface area contributed by atoms with E-state index in [-0.39, 0.29) is 16.9 Å². The Morgan fingerprint density at radius 2 is 1.50 bits per heavy atom. The van der Waals surface area contributed by atoms with Gasteiger partial charge in [0.15, 0.2) is 0 Å². The average Bonchev–Trinajstić information content (AvgIpc) is 2.87. The highest BCUT2D eigenvalue weighted by Gasteiger charge is 2.83. The third-order valence-electron chi connectivity index (χ3n) is 3.77. The van der Waals surface area contributed by atoms with Gasteiger partial charge in [0.2, 0.25) is 0 Å². The highest BCUT2D eigenvalue weighted by Crippen LogP contribution is 2.53. The van der Waals surface area contributed by atoms with Crippen LogP contribution in [0.4, 0.5) is 44.5 Å². The van der Waals surface area contributed by atoms with Crippen molar-refractivity contribution in [1.82, 2.24) is 0 Å². The summed E-state index contributed by atoms with van der Waals surface area (Å²) in [5.74, 6) is -25.1. The van der Waals surface area contributed by atoms with Crippen molar-refractivity contribution in [3.05, 3.63) is 16.0 Å². The van der Waals surface area contributed by atoms with E-state index < -0.39 is 52.5 Å². The van der Waals surface area contributed by atoms with Crippen molar-refractivity contribution >= 4 is 28.2 Å². The highest BCUT2D eigenvalue weighted by atomic mass is 32.1. The average molecular weight is 473 g/mol. The fraction of sp³-hybridized carbons (Fsp3) is 0.625. The number of rotatable bonds is 7. The van der Waals surface area contributed by atoms with Gasteiger partial charge in [-0.15, -0.1) is 11.3 Å². The van der Waals surface area contributed by atoms with Crippen molar-refractivity contribution in [2.75, 3.05) is 5.32 Å². The van der Waals surface area contributed by atoms with Gasteiger partial charge in [-0.2, -0.15) is 39.5 Å². The molecule has 1 aromatic rings. The lowest BCUT2D eigenvalue weighted by Gasteiger charge is -2.32. The van der Waals surface area contributed by atoms with Gasteiger partial charge >= 0.3 is 35.8 Å². The van der Waals surface area contributed by atoms with E-state index in [1.807, 2.05) is 0 Å². The van der Waals surface area contributed by atoms with Crippen LogP contribution in [0.3, 0.4) is 0 Å². The smallest absolute Gasteiger partial charge is 0.459 e. The quantitative estimate of drug-likeness (QED) is 0.415. The molecule has 1 rings (SSSR count). The zero-order chi connectivity index (χ0) is 23.9. The van der Waals surface area contributed by atoms with E-state index in [1.165, 1.54) is 33.0 Å². The van der Waals surface area contributed by atoms with Crippen LogP contribution in [0.5, 0.6) is 0 Å². The molecule has 1 heterocycles. The Morgan fingerprint density at radius 1 is 1.00 bits per heavy atom. The number of hydrogen-bond donors (Lipinski definition) is 1. The molecule has 1 N–H and O–H groups in total. The van der Waals surface area contributed by atoms with E-state index in [4.69, 9.17) is 4.74 Å². The monoisotopic (exact) mass is 473 g/mol. The van der Waals surface area contributed by atoms with Gasteiger partial charge in [0.1, 0.15) is 5.00 Å². The molecule has 1 amide bonds. The molecule has 0 aliphatic heterocycles. The van der Waals surface area contributed by atoms with E-state index in [0.29, 0.717) is 11.3 Å². The number of halogens is 9. The van der Waals surface area contributed by atoms with Crippen LogP contribution in [0, 0.1) is 6.92 Å². The minimum absolute atomic E-state index is 0.111. The van der Waals surface area contributed by atoms with E-state index in [0.717, 1.165) is 0 Å².